The number of halogens is 1. The van der Waals surface area contributed by atoms with E-state index in [0.29, 0.717) is 16.7 Å². The van der Waals surface area contributed by atoms with Gasteiger partial charge in [-0.05, 0) is 36.3 Å². The molecule has 0 N–H and O–H groups in total. The highest BCUT2D eigenvalue weighted by Crippen LogP contribution is 2.45. The van der Waals surface area contributed by atoms with Gasteiger partial charge in [0.05, 0.1) is 7.11 Å². The van der Waals surface area contributed by atoms with E-state index in [-0.39, 0.29) is 0 Å². The van der Waals surface area contributed by atoms with Gasteiger partial charge in [-0.2, -0.15) is 0 Å². The van der Waals surface area contributed by atoms with Crippen molar-refractivity contribution in [3.63, 3.8) is 0 Å². The van der Waals surface area contributed by atoms with Crippen LogP contribution in [0, 0.1) is 5.92 Å². The predicted octanol–water partition coefficient (Wildman–Crippen LogP) is 3.97. The lowest BCUT2D eigenvalue weighted by atomic mass is 9.89. The van der Waals surface area contributed by atoms with E-state index in [0.717, 1.165) is 5.75 Å². The lowest BCUT2D eigenvalue weighted by molar-refractivity contribution is 0.399. The molecule has 0 heterocycles. The fourth-order valence-electron chi connectivity index (χ4n) is 2.53. The molecule has 1 saturated carbocycles. The van der Waals surface area contributed by atoms with Gasteiger partial charge in [0.25, 0.3) is 0 Å². The van der Waals surface area contributed by atoms with Crippen LogP contribution in [0.5, 0.6) is 5.75 Å². The molecule has 82 valence electrons. The van der Waals surface area contributed by atoms with Crippen molar-refractivity contribution in [1.82, 2.24) is 0 Å². The normalized spacial score (nSPS) is 30.5. The predicted molar refractivity (Wildman–Crippen MR) is 66.8 cm³/mol. The van der Waals surface area contributed by atoms with Crippen LogP contribution in [0.1, 0.15) is 31.2 Å². The molecule has 1 aromatic carbocycles. The molecule has 0 bridgehead atoms. The number of hydrogen-bond acceptors (Lipinski definition) is 1. The van der Waals surface area contributed by atoms with Crippen molar-refractivity contribution < 1.29 is 4.74 Å². The Morgan fingerprint density at radius 2 is 2.00 bits per heavy atom. The second kappa shape index (κ2) is 4.56. The maximum atomic E-state index is 5.43. The monoisotopic (exact) mass is 268 g/mol. The second-order valence-electron chi connectivity index (χ2n) is 4.30. The number of rotatable bonds is 2. The number of alkyl halides is 1. The van der Waals surface area contributed by atoms with Crippen LogP contribution in [0.15, 0.2) is 24.3 Å². The SMILES string of the molecule is COc1ccccc1C1CCC(Br)C1C. The van der Waals surface area contributed by atoms with Crippen LogP contribution in [-0.4, -0.2) is 11.9 Å². The number of methoxy groups -OCH3 is 1. The minimum Gasteiger partial charge on any atom is -0.496 e. The summed E-state index contributed by atoms with van der Waals surface area (Å²) in [5.74, 6) is 2.38. The molecule has 0 saturated heterocycles. The summed E-state index contributed by atoms with van der Waals surface area (Å²) in [5, 5.41) is 0. The van der Waals surface area contributed by atoms with Gasteiger partial charge in [0, 0.05) is 4.83 Å². The van der Waals surface area contributed by atoms with E-state index in [1.54, 1.807) is 7.11 Å². The molecule has 0 radical (unpaired) electrons. The average Bonchev–Trinajstić information content (AvgIpc) is 2.60. The van der Waals surface area contributed by atoms with Crippen LogP contribution in [0.4, 0.5) is 0 Å². The van der Waals surface area contributed by atoms with Gasteiger partial charge >= 0.3 is 0 Å². The third kappa shape index (κ3) is 2.05. The summed E-state index contributed by atoms with van der Waals surface area (Å²) in [5.41, 5.74) is 1.37. The molecule has 1 fully saturated rings. The van der Waals surface area contributed by atoms with Crippen molar-refractivity contribution in [2.45, 2.75) is 30.5 Å². The largest absolute Gasteiger partial charge is 0.496 e. The summed E-state index contributed by atoms with van der Waals surface area (Å²) >= 11 is 3.75. The van der Waals surface area contributed by atoms with Crippen LogP contribution in [0.2, 0.25) is 0 Å². The molecule has 1 aliphatic carbocycles. The van der Waals surface area contributed by atoms with E-state index >= 15 is 0 Å². The molecule has 2 rings (SSSR count). The smallest absolute Gasteiger partial charge is 0.122 e. The second-order valence-corrected chi connectivity index (χ2v) is 5.48. The van der Waals surface area contributed by atoms with E-state index < -0.39 is 0 Å². The van der Waals surface area contributed by atoms with Crippen molar-refractivity contribution in [2.24, 2.45) is 5.92 Å². The highest BCUT2D eigenvalue weighted by molar-refractivity contribution is 9.09. The molecule has 1 aromatic rings. The van der Waals surface area contributed by atoms with Gasteiger partial charge in [0.15, 0.2) is 0 Å². The van der Waals surface area contributed by atoms with Gasteiger partial charge in [-0.1, -0.05) is 41.1 Å². The Balaban J connectivity index is 2.29. The Bertz CT molecular complexity index is 337. The van der Waals surface area contributed by atoms with Crippen LogP contribution in [-0.2, 0) is 0 Å². The molecular formula is C13H17BrO. The summed E-state index contributed by atoms with van der Waals surface area (Å²) in [6.07, 6.45) is 2.53. The van der Waals surface area contributed by atoms with E-state index in [2.05, 4.69) is 41.1 Å². The highest BCUT2D eigenvalue weighted by atomic mass is 79.9. The molecule has 3 unspecified atom stereocenters. The van der Waals surface area contributed by atoms with Crippen LogP contribution in [0.25, 0.3) is 0 Å². The summed E-state index contributed by atoms with van der Waals surface area (Å²) in [4.78, 5) is 0.660. The van der Waals surface area contributed by atoms with Crippen LogP contribution >= 0.6 is 15.9 Å². The molecule has 0 spiro atoms. The van der Waals surface area contributed by atoms with Crippen molar-refractivity contribution in [3.8, 4) is 5.75 Å². The summed E-state index contributed by atoms with van der Waals surface area (Å²) in [6, 6.07) is 8.40. The van der Waals surface area contributed by atoms with Gasteiger partial charge in [0.2, 0.25) is 0 Å². The lowest BCUT2D eigenvalue weighted by Crippen LogP contribution is -2.09. The Morgan fingerprint density at radius 3 is 2.60 bits per heavy atom. The molecule has 0 amide bonds. The summed E-state index contributed by atoms with van der Waals surface area (Å²) in [7, 11) is 1.75. The Morgan fingerprint density at radius 1 is 1.27 bits per heavy atom. The zero-order valence-corrected chi connectivity index (χ0v) is 10.8. The fourth-order valence-corrected chi connectivity index (χ4v) is 3.16. The van der Waals surface area contributed by atoms with E-state index in [9.17, 15) is 0 Å². The van der Waals surface area contributed by atoms with E-state index in [4.69, 9.17) is 4.74 Å². The van der Waals surface area contributed by atoms with Crippen molar-refractivity contribution in [1.29, 1.82) is 0 Å². The van der Waals surface area contributed by atoms with Crippen molar-refractivity contribution in [2.75, 3.05) is 7.11 Å². The van der Waals surface area contributed by atoms with Crippen molar-refractivity contribution in [3.05, 3.63) is 29.8 Å². The highest BCUT2D eigenvalue weighted by Gasteiger charge is 2.33. The van der Waals surface area contributed by atoms with E-state index in [1.807, 2.05) is 6.07 Å². The van der Waals surface area contributed by atoms with Gasteiger partial charge in [-0.3, -0.25) is 0 Å². The topological polar surface area (TPSA) is 9.23 Å². The van der Waals surface area contributed by atoms with Gasteiger partial charge in [0.1, 0.15) is 5.75 Å². The zero-order chi connectivity index (χ0) is 10.8. The fraction of sp³-hybridized carbons (Fsp3) is 0.538. The minimum atomic E-state index is 0.644. The molecule has 0 aromatic heterocycles. The first kappa shape index (κ1) is 11.0. The maximum absolute atomic E-state index is 5.43. The molecule has 1 nitrogen and oxygen atoms in total. The minimum absolute atomic E-state index is 0.644. The average molecular weight is 269 g/mol. The molecule has 3 atom stereocenters. The first-order valence-electron chi connectivity index (χ1n) is 5.51. The number of para-hydroxylation sites is 1. The third-order valence-corrected chi connectivity index (χ3v) is 4.79. The Labute approximate surface area is 100.0 Å². The molecule has 1 aliphatic rings. The van der Waals surface area contributed by atoms with E-state index in [1.165, 1.54) is 18.4 Å². The first-order chi connectivity index (χ1) is 7.24. The maximum Gasteiger partial charge on any atom is 0.122 e. The number of hydrogen-bond donors (Lipinski definition) is 0. The van der Waals surface area contributed by atoms with Gasteiger partial charge < -0.3 is 4.74 Å². The van der Waals surface area contributed by atoms with Gasteiger partial charge in [-0.25, -0.2) is 0 Å². The lowest BCUT2D eigenvalue weighted by Gasteiger charge is -2.20. The Hall–Kier alpha value is -0.500. The molecule has 15 heavy (non-hydrogen) atoms. The van der Waals surface area contributed by atoms with Gasteiger partial charge in [-0.15, -0.1) is 0 Å². The zero-order valence-electron chi connectivity index (χ0n) is 9.24. The first-order valence-corrected chi connectivity index (χ1v) is 6.42. The van der Waals surface area contributed by atoms with Crippen LogP contribution < -0.4 is 4.74 Å². The van der Waals surface area contributed by atoms with Crippen molar-refractivity contribution >= 4 is 15.9 Å². The summed E-state index contributed by atoms with van der Waals surface area (Å²) < 4.78 is 5.43. The molecule has 2 heteroatoms. The quantitative estimate of drug-likeness (QED) is 0.738. The third-order valence-electron chi connectivity index (χ3n) is 3.50. The number of benzene rings is 1. The van der Waals surface area contributed by atoms with Crippen LogP contribution in [0.3, 0.4) is 0 Å². The molecular weight excluding hydrogens is 252 g/mol. The Kier molecular flexibility index (Phi) is 3.35. The number of ether oxygens (including phenoxy) is 1. The standard InChI is InChI=1S/C13H17BrO/c1-9-10(7-8-12(9)14)11-5-3-4-6-13(11)15-2/h3-6,9-10,12H,7-8H2,1-2H3. The molecule has 0 aliphatic heterocycles. The summed E-state index contributed by atoms with van der Waals surface area (Å²) in [6.45, 7) is 2.32.